The van der Waals surface area contributed by atoms with Crippen LogP contribution in [-0.2, 0) is 9.53 Å². The molecule has 1 aromatic carbocycles. The van der Waals surface area contributed by atoms with Crippen molar-refractivity contribution in [2.75, 3.05) is 0 Å². The molecule has 0 atom stereocenters. The number of ketones is 1. The summed E-state index contributed by atoms with van der Waals surface area (Å²) in [4.78, 5) is 33.9. The largest absolute Gasteiger partial charge is 0.460 e. The SMILES string of the molecule is CC(C)(C)OC(=O)CCCC(=O)c1ccc(C=O)cc1. The molecular formula is C16H20O4. The molecule has 0 aromatic heterocycles. The van der Waals surface area contributed by atoms with Crippen LogP contribution in [0.25, 0.3) is 0 Å². The number of rotatable bonds is 6. The first-order valence-electron chi connectivity index (χ1n) is 6.62. The molecular weight excluding hydrogens is 256 g/mol. The molecule has 0 fully saturated rings. The van der Waals surface area contributed by atoms with E-state index < -0.39 is 5.60 Å². The molecule has 0 aliphatic carbocycles. The smallest absolute Gasteiger partial charge is 0.306 e. The van der Waals surface area contributed by atoms with Crippen molar-refractivity contribution in [3.8, 4) is 0 Å². The maximum Gasteiger partial charge on any atom is 0.306 e. The highest BCUT2D eigenvalue weighted by molar-refractivity contribution is 5.96. The van der Waals surface area contributed by atoms with Crippen molar-refractivity contribution in [2.24, 2.45) is 0 Å². The van der Waals surface area contributed by atoms with Crippen LogP contribution in [0, 0.1) is 0 Å². The summed E-state index contributed by atoms with van der Waals surface area (Å²) >= 11 is 0. The third-order valence-electron chi connectivity index (χ3n) is 2.57. The predicted molar refractivity (Wildman–Crippen MR) is 75.9 cm³/mol. The van der Waals surface area contributed by atoms with Gasteiger partial charge in [0.15, 0.2) is 5.78 Å². The van der Waals surface area contributed by atoms with E-state index in [-0.39, 0.29) is 18.2 Å². The topological polar surface area (TPSA) is 60.4 Å². The number of benzene rings is 1. The lowest BCUT2D eigenvalue weighted by molar-refractivity contribution is -0.154. The lowest BCUT2D eigenvalue weighted by Crippen LogP contribution is -2.23. The van der Waals surface area contributed by atoms with Crippen LogP contribution >= 0.6 is 0 Å². The van der Waals surface area contributed by atoms with E-state index in [1.165, 1.54) is 0 Å². The Kier molecular flexibility index (Phi) is 5.62. The molecule has 0 N–H and O–H groups in total. The van der Waals surface area contributed by atoms with Crippen LogP contribution < -0.4 is 0 Å². The number of hydrogen-bond acceptors (Lipinski definition) is 4. The van der Waals surface area contributed by atoms with E-state index in [1.807, 2.05) is 20.8 Å². The summed E-state index contributed by atoms with van der Waals surface area (Å²) in [5, 5.41) is 0. The fraction of sp³-hybridized carbons (Fsp3) is 0.438. The van der Waals surface area contributed by atoms with Gasteiger partial charge in [-0.2, -0.15) is 0 Å². The number of aldehydes is 1. The molecule has 0 spiro atoms. The van der Waals surface area contributed by atoms with Crippen molar-refractivity contribution < 1.29 is 19.1 Å². The Labute approximate surface area is 119 Å². The van der Waals surface area contributed by atoms with E-state index in [1.54, 1.807) is 24.3 Å². The van der Waals surface area contributed by atoms with Crippen LogP contribution in [0.5, 0.6) is 0 Å². The van der Waals surface area contributed by atoms with E-state index in [0.29, 0.717) is 24.0 Å². The minimum atomic E-state index is -0.494. The van der Waals surface area contributed by atoms with Crippen LogP contribution in [0.15, 0.2) is 24.3 Å². The number of Topliss-reactive ketones (excluding diaryl/α,β-unsaturated/α-hetero) is 1. The van der Waals surface area contributed by atoms with Gasteiger partial charge in [0, 0.05) is 24.0 Å². The highest BCUT2D eigenvalue weighted by atomic mass is 16.6. The summed E-state index contributed by atoms with van der Waals surface area (Å²) in [6.07, 6.45) is 1.72. The Bertz CT molecular complexity index is 480. The molecule has 0 radical (unpaired) electrons. The Balaban J connectivity index is 2.39. The van der Waals surface area contributed by atoms with E-state index in [2.05, 4.69) is 0 Å². The monoisotopic (exact) mass is 276 g/mol. The standard InChI is InChI=1S/C16H20O4/c1-16(2,3)20-15(19)6-4-5-14(18)13-9-7-12(11-17)8-10-13/h7-11H,4-6H2,1-3H3. The molecule has 1 aromatic rings. The average Bonchev–Trinajstić information content (AvgIpc) is 2.36. The van der Waals surface area contributed by atoms with E-state index in [0.717, 1.165) is 6.29 Å². The molecule has 0 amide bonds. The molecule has 0 aliphatic heterocycles. The molecule has 0 unspecified atom stereocenters. The van der Waals surface area contributed by atoms with Gasteiger partial charge in [-0.3, -0.25) is 14.4 Å². The molecule has 1 rings (SSSR count). The highest BCUT2D eigenvalue weighted by Gasteiger charge is 2.16. The van der Waals surface area contributed by atoms with Crippen LogP contribution in [0.3, 0.4) is 0 Å². The van der Waals surface area contributed by atoms with E-state index in [9.17, 15) is 14.4 Å². The third-order valence-corrected chi connectivity index (χ3v) is 2.57. The zero-order valence-corrected chi connectivity index (χ0v) is 12.1. The molecule has 0 aliphatic rings. The zero-order valence-electron chi connectivity index (χ0n) is 12.1. The van der Waals surface area contributed by atoms with Gasteiger partial charge < -0.3 is 4.74 Å². The van der Waals surface area contributed by atoms with Crippen molar-refractivity contribution in [2.45, 2.75) is 45.6 Å². The van der Waals surface area contributed by atoms with Crippen molar-refractivity contribution in [1.29, 1.82) is 0 Å². The Morgan fingerprint density at radius 1 is 1.10 bits per heavy atom. The Morgan fingerprint density at radius 2 is 1.70 bits per heavy atom. The second-order valence-electron chi connectivity index (χ2n) is 5.60. The summed E-state index contributed by atoms with van der Waals surface area (Å²) in [5.74, 6) is -0.326. The second kappa shape index (κ2) is 6.98. The number of ether oxygens (including phenoxy) is 1. The van der Waals surface area contributed by atoms with Crippen LogP contribution in [0.2, 0.25) is 0 Å². The molecule has 108 valence electrons. The minimum Gasteiger partial charge on any atom is -0.460 e. The molecule has 0 saturated heterocycles. The summed E-state index contributed by atoms with van der Waals surface area (Å²) in [7, 11) is 0. The average molecular weight is 276 g/mol. The van der Waals surface area contributed by atoms with Crippen molar-refractivity contribution in [3.63, 3.8) is 0 Å². The fourth-order valence-electron chi connectivity index (χ4n) is 1.68. The summed E-state index contributed by atoms with van der Waals surface area (Å²) in [6, 6.07) is 6.46. The van der Waals surface area contributed by atoms with Gasteiger partial charge in [-0.25, -0.2) is 0 Å². The van der Waals surface area contributed by atoms with Gasteiger partial charge in [-0.1, -0.05) is 24.3 Å². The fourth-order valence-corrected chi connectivity index (χ4v) is 1.68. The number of esters is 1. The minimum absolute atomic E-state index is 0.0361. The first-order chi connectivity index (χ1) is 9.31. The molecule has 0 bridgehead atoms. The van der Waals surface area contributed by atoms with Crippen LogP contribution in [-0.4, -0.2) is 23.6 Å². The molecule has 20 heavy (non-hydrogen) atoms. The van der Waals surface area contributed by atoms with Gasteiger partial charge in [0.05, 0.1) is 0 Å². The normalized spacial score (nSPS) is 10.9. The second-order valence-corrected chi connectivity index (χ2v) is 5.60. The van der Waals surface area contributed by atoms with E-state index >= 15 is 0 Å². The highest BCUT2D eigenvalue weighted by Crippen LogP contribution is 2.12. The van der Waals surface area contributed by atoms with Crippen molar-refractivity contribution >= 4 is 18.0 Å². The lowest BCUT2D eigenvalue weighted by atomic mass is 10.0. The molecule has 4 heteroatoms. The maximum absolute atomic E-state index is 11.9. The molecule has 4 nitrogen and oxygen atoms in total. The van der Waals surface area contributed by atoms with Crippen LogP contribution in [0.4, 0.5) is 0 Å². The maximum atomic E-state index is 11.9. The first-order valence-corrected chi connectivity index (χ1v) is 6.62. The summed E-state index contributed by atoms with van der Waals surface area (Å²) < 4.78 is 5.17. The van der Waals surface area contributed by atoms with Gasteiger partial charge in [0.25, 0.3) is 0 Å². The van der Waals surface area contributed by atoms with Gasteiger partial charge in [-0.05, 0) is 27.2 Å². The predicted octanol–water partition coefficient (Wildman–Crippen LogP) is 3.19. The van der Waals surface area contributed by atoms with Gasteiger partial charge in [0.2, 0.25) is 0 Å². The quantitative estimate of drug-likeness (QED) is 0.455. The number of carbonyl (C=O) groups excluding carboxylic acids is 3. The zero-order chi connectivity index (χ0) is 15.2. The first kappa shape index (κ1) is 16.1. The summed E-state index contributed by atoms with van der Waals surface area (Å²) in [6.45, 7) is 5.43. The molecule has 0 saturated carbocycles. The van der Waals surface area contributed by atoms with Crippen molar-refractivity contribution in [1.82, 2.24) is 0 Å². The van der Waals surface area contributed by atoms with E-state index in [4.69, 9.17) is 4.74 Å². The van der Waals surface area contributed by atoms with Crippen molar-refractivity contribution in [3.05, 3.63) is 35.4 Å². The molecule has 0 heterocycles. The Hall–Kier alpha value is -1.97. The van der Waals surface area contributed by atoms with Gasteiger partial charge in [0.1, 0.15) is 11.9 Å². The third kappa shape index (κ3) is 5.78. The number of carbonyl (C=O) groups is 3. The lowest BCUT2D eigenvalue weighted by Gasteiger charge is -2.19. The summed E-state index contributed by atoms with van der Waals surface area (Å²) in [5.41, 5.74) is 0.598. The Morgan fingerprint density at radius 3 is 2.20 bits per heavy atom. The number of hydrogen-bond donors (Lipinski definition) is 0. The van der Waals surface area contributed by atoms with Gasteiger partial charge >= 0.3 is 5.97 Å². The van der Waals surface area contributed by atoms with Gasteiger partial charge in [-0.15, -0.1) is 0 Å². The van der Waals surface area contributed by atoms with Crippen LogP contribution in [0.1, 0.15) is 60.7 Å².